The Kier molecular flexibility index (Phi) is 4.74. The van der Waals surface area contributed by atoms with E-state index in [0.29, 0.717) is 6.61 Å². The molecular weight excluding hydrogens is 204 g/mol. The van der Waals surface area contributed by atoms with Crippen molar-refractivity contribution in [1.82, 2.24) is 9.80 Å². The van der Waals surface area contributed by atoms with Crippen LogP contribution in [0.15, 0.2) is 0 Å². The Morgan fingerprint density at radius 2 is 1.94 bits per heavy atom. The van der Waals surface area contributed by atoms with Crippen molar-refractivity contribution in [3.63, 3.8) is 0 Å². The van der Waals surface area contributed by atoms with Crippen molar-refractivity contribution in [2.75, 3.05) is 47.4 Å². The lowest BCUT2D eigenvalue weighted by Crippen LogP contribution is -2.42. The highest BCUT2D eigenvalue weighted by Crippen LogP contribution is 2.31. The largest absolute Gasteiger partial charge is 0.464 e. The number of esters is 1. The number of rotatable bonds is 4. The summed E-state index contributed by atoms with van der Waals surface area (Å²) >= 11 is 0. The van der Waals surface area contributed by atoms with Crippen LogP contribution in [0.5, 0.6) is 0 Å². The van der Waals surface area contributed by atoms with Crippen LogP contribution in [0, 0.1) is 5.41 Å². The highest BCUT2D eigenvalue weighted by molar-refractivity contribution is 5.76. The Morgan fingerprint density at radius 3 is 2.44 bits per heavy atom. The second-order valence-electron chi connectivity index (χ2n) is 5.30. The standard InChI is InChI=1S/C12H24N2O2/c1-12(5-7-14(4)8-6-12)11(15)16-10-9-13(2)3/h5-10H2,1-4H3. The zero-order valence-corrected chi connectivity index (χ0v) is 11.0. The van der Waals surface area contributed by atoms with Crippen LogP contribution < -0.4 is 0 Å². The van der Waals surface area contributed by atoms with Crippen LogP contribution in [0.3, 0.4) is 0 Å². The van der Waals surface area contributed by atoms with Gasteiger partial charge >= 0.3 is 5.97 Å². The molecule has 0 bridgehead atoms. The molecule has 1 fully saturated rings. The van der Waals surface area contributed by atoms with E-state index >= 15 is 0 Å². The molecule has 1 heterocycles. The fourth-order valence-corrected chi connectivity index (χ4v) is 1.81. The van der Waals surface area contributed by atoms with E-state index < -0.39 is 0 Å². The highest BCUT2D eigenvalue weighted by atomic mass is 16.5. The molecule has 0 aromatic carbocycles. The van der Waals surface area contributed by atoms with Crippen molar-refractivity contribution in [2.45, 2.75) is 19.8 Å². The zero-order valence-electron chi connectivity index (χ0n) is 11.0. The molecule has 0 spiro atoms. The number of hydrogen-bond acceptors (Lipinski definition) is 4. The number of ether oxygens (including phenoxy) is 1. The molecule has 0 atom stereocenters. The van der Waals surface area contributed by atoms with Gasteiger partial charge in [0.25, 0.3) is 0 Å². The van der Waals surface area contributed by atoms with Gasteiger partial charge < -0.3 is 14.5 Å². The zero-order chi connectivity index (χ0) is 12.2. The second-order valence-corrected chi connectivity index (χ2v) is 5.30. The molecule has 0 amide bonds. The number of likely N-dealkylation sites (tertiary alicyclic amines) is 1. The van der Waals surface area contributed by atoms with Crippen LogP contribution in [0.2, 0.25) is 0 Å². The summed E-state index contributed by atoms with van der Waals surface area (Å²) in [5.41, 5.74) is -0.265. The van der Waals surface area contributed by atoms with Gasteiger partial charge in [0.05, 0.1) is 5.41 Å². The van der Waals surface area contributed by atoms with Crippen LogP contribution in [0.25, 0.3) is 0 Å². The third-order valence-corrected chi connectivity index (χ3v) is 3.36. The Hall–Kier alpha value is -0.610. The smallest absolute Gasteiger partial charge is 0.311 e. The van der Waals surface area contributed by atoms with E-state index in [-0.39, 0.29) is 11.4 Å². The van der Waals surface area contributed by atoms with Crippen molar-refractivity contribution in [3.8, 4) is 0 Å². The molecule has 4 heteroatoms. The van der Waals surface area contributed by atoms with Crippen molar-refractivity contribution >= 4 is 5.97 Å². The maximum atomic E-state index is 11.9. The second kappa shape index (κ2) is 5.64. The van der Waals surface area contributed by atoms with Gasteiger partial charge in [-0.2, -0.15) is 0 Å². The number of carbonyl (C=O) groups is 1. The first-order valence-corrected chi connectivity index (χ1v) is 5.94. The molecule has 1 rings (SSSR count). The van der Waals surface area contributed by atoms with Crippen LogP contribution in [-0.4, -0.2) is 63.2 Å². The number of likely N-dealkylation sites (N-methyl/N-ethyl adjacent to an activating group) is 1. The van der Waals surface area contributed by atoms with Crippen molar-refractivity contribution in [1.29, 1.82) is 0 Å². The first kappa shape index (κ1) is 13.5. The van der Waals surface area contributed by atoms with Gasteiger partial charge in [-0.1, -0.05) is 0 Å². The Morgan fingerprint density at radius 1 is 1.38 bits per heavy atom. The van der Waals surface area contributed by atoms with Gasteiger partial charge in [0.15, 0.2) is 0 Å². The Labute approximate surface area is 98.5 Å². The summed E-state index contributed by atoms with van der Waals surface area (Å²) < 4.78 is 5.33. The highest BCUT2D eigenvalue weighted by Gasteiger charge is 2.37. The van der Waals surface area contributed by atoms with Crippen molar-refractivity contribution < 1.29 is 9.53 Å². The van der Waals surface area contributed by atoms with E-state index in [4.69, 9.17) is 4.74 Å². The summed E-state index contributed by atoms with van der Waals surface area (Å²) in [4.78, 5) is 16.2. The molecule has 0 N–H and O–H groups in total. The van der Waals surface area contributed by atoms with E-state index in [1.54, 1.807) is 0 Å². The summed E-state index contributed by atoms with van der Waals surface area (Å²) in [5.74, 6) is -0.0255. The molecule has 0 saturated carbocycles. The van der Waals surface area contributed by atoms with Gasteiger partial charge in [-0.15, -0.1) is 0 Å². The summed E-state index contributed by atoms with van der Waals surface area (Å²) in [6, 6.07) is 0. The monoisotopic (exact) mass is 228 g/mol. The van der Waals surface area contributed by atoms with Gasteiger partial charge in [-0.3, -0.25) is 4.79 Å². The van der Waals surface area contributed by atoms with Gasteiger partial charge in [-0.25, -0.2) is 0 Å². The fourth-order valence-electron chi connectivity index (χ4n) is 1.81. The summed E-state index contributed by atoms with van der Waals surface area (Å²) in [6.07, 6.45) is 1.81. The van der Waals surface area contributed by atoms with Gasteiger partial charge in [-0.05, 0) is 54.0 Å². The average molecular weight is 228 g/mol. The van der Waals surface area contributed by atoms with Crippen LogP contribution in [0.1, 0.15) is 19.8 Å². The topological polar surface area (TPSA) is 32.8 Å². The summed E-state index contributed by atoms with van der Waals surface area (Å²) in [6.45, 7) is 5.29. The van der Waals surface area contributed by atoms with Gasteiger partial charge in [0.2, 0.25) is 0 Å². The number of nitrogens with zero attached hydrogens (tertiary/aromatic N) is 2. The fraction of sp³-hybridized carbons (Fsp3) is 0.917. The van der Waals surface area contributed by atoms with E-state index in [9.17, 15) is 4.79 Å². The van der Waals surface area contributed by atoms with E-state index in [0.717, 1.165) is 32.5 Å². The molecule has 0 aliphatic carbocycles. The minimum Gasteiger partial charge on any atom is -0.464 e. The molecule has 1 saturated heterocycles. The lowest BCUT2D eigenvalue weighted by molar-refractivity contribution is -0.157. The number of piperidine rings is 1. The van der Waals surface area contributed by atoms with Crippen molar-refractivity contribution in [2.24, 2.45) is 5.41 Å². The summed E-state index contributed by atoms with van der Waals surface area (Å²) in [5, 5.41) is 0. The molecule has 1 aliphatic heterocycles. The first-order valence-electron chi connectivity index (χ1n) is 5.94. The molecular formula is C12H24N2O2. The van der Waals surface area contributed by atoms with E-state index in [2.05, 4.69) is 11.9 Å². The molecule has 0 aromatic heterocycles. The summed E-state index contributed by atoms with van der Waals surface area (Å²) in [7, 11) is 6.05. The number of carbonyl (C=O) groups excluding carboxylic acids is 1. The Balaban J connectivity index is 2.35. The Bertz CT molecular complexity index is 233. The quantitative estimate of drug-likeness (QED) is 0.667. The average Bonchev–Trinajstić information content (AvgIpc) is 2.22. The molecule has 4 nitrogen and oxygen atoms in total. The maximum absolute atomic E-state index is 11.9. The third-order valence-electron chi connectivity index (χ3n) is 3.36. The minimum absolute atomic E-state index is 0.0255. The van der Waals surface area contributed by atoms with Crippen LogP contribution in [-0.2, 0) is 9.53 Å². The molecule has 16 heavy (non-hydrogen) atoms. The first-order chi connectivity index (χ1) is 7.44. The van der Waals surface area contributed by atoms with Gasteiger partial charge in [0.1, 0.15) is 6.61 Å². The van der Waals surface area contributed by atoms with Gasteiger partial charge in [0, 0.05) is 6.54 Å². The predicted octanol–water partition coefficient (Wildman–Crippen LogP) is 0.823. The molecule has 0 unspecified atom stereocenters. The lowest BCUT2D eigenvalue weighted by Gasteiger charge is -2.35. The van der Waals surface area contributed by atoms with Crippen LogP contribution >= 0.6 is 0 Å². The SMILES string of the molecule is CN(C)CCOC(=O)C1(C)CCN(C)CC1. The van der Waals surface area contributed by atoms with Crippen LogP contribution in [0.4, 0.5) is 0 Å². The van der Waals surface area contributed by atoms with E-state index in [1.165, 1.54) is 0 Å². The molecule has 1 aliphatic rings. The molecule has 0 aromatic rings. The van der Waals surface area contributed by atoms with Crippen molar-refractivity contribution in [3.05, 3.63) is 0 Å². The normalized spacial score (nSPS) is 21.1. The predicted molar refractivity (Wildman–Crippen MR) is 64.4 cm³/mol. The minimum atomic E-state index is -0.265. The third kappa shape index (κ3) is 3.76. The maximum Gasteiger partial charge on any atom is 0.311 e. The molecule has 0 radical (unpaired) electrons. The number of hydrogen-bond donors (Lipinski definition) is 0. The molecule has 94 valence electrons. The lowest BCUT2D eigenvalue weighted by atomic mass is 9.80. The van der Waals surface area contributed by atoms with E-state index in [1.807, 2.05) is 25.9 Å².